The second-order valence-corrected chi connectivity index (χ2v) is 9.51. The summed E-state index contributed by atoms with van der Waals surface area (Å²) >= 11 is 6.43. The number of halogens is 1. The van der Waals surface area contributed by atoms with E-state index in [0.29, 0.717) is 22.1 Å². The largest absolute Gasteiger partial charge is 0.503 e. The van der Waals surface area contributed by atoms with E-state index in [-0.39, 0.29) is 23.6 Å². The minimum Gasteiger partial charge on any atom is -0.503 e. The van der Waals surface area contributed by atoms with Gasteiger partial charge in [-0.25, -0.2) is 4.98 Å². The molecular weight excluding hydrogens is 510 g/mol. The Balaban J connectivity index is 1.82. The summed E-state index contributed by atoms with van der Waals surface area (Å²) in [7, 11) is 2.93. The first kappa shape index (κ1) is 28.8. The van der Waals surface area contributed by atoms with Gasteiger partial charge in [-0.05, 0) is 50.1 Å². The van der Waals surface area contributed by atoms with Gasteiger partial charge in [0.15, 0.2) is 29.1 Å². The predicted molar refractivity (Wildman–Crippen MR) is 143 cm³/mol. The molecule has 3 atom stereocenters. The van der Waals surface area contributed by atoms with Gasteiger partial charge in [-0.3, -0.25) is 9.59 Å². The summed E-state index contributed by atoms with van der Waals surface area (Å²) < 4.78 is 22.7. The number of benzene rings is 2. The molecule has 0 aliphatic carbocycles. The average molecular weight is 542 g/mol. The summed E-state index contributed by atoms with van der Waals surface area (Å²) in [6, 6.07) is 12.5. The second kappa shape index (κ2) is 12.6. The molecule has 0 spiro atoms. The van der Waals surface area contributed by atoms with Gasteiger partial charge in [0.2, 0.25) is 0 Å². The highest BCUT2D eigenvalue weighted by atomic mass is 35.5. The summed E-state index contributed by atoms with van der Waals surface area (Å²) in [6.45, 7) is 7.14. The number of aryl methyl sites for hydroxylation is 2. The van der Waals surface area contributed by atoms with Gasteiger partial charge < -0.3 is 24.1 Å². The topological polar surface area (TPSA) is 104 Å². The van der Waals surface area contributed by atoms with Crippen LogP contribution in [0.4, 0.5) is 0 Å². The number of pyridine rings is 1. The zero-order chi connectivity index (χ0) is 28.0. The lowest BCUT2D eigenvalue weighted by molar-refractivity contribution is -0.157. The molecule has 2 aromatic carbocycles. The van der Waals surface area contributed by atoms with Crippen LogP contribution in [0.2, 0.25) is 5.02 Å². The minimum absolute atomic E-state index is 0.119. The summed E-state index contributed by atoms with van der Waals surface area (Å²) in [5.74, 6) is -1.20. The summed E-state index contributed by atoms with van der Waals surface area (Å²) in [5, 5.41) is 10.7. The number of aromatic hydroxyl groups is 1. The molecule has 0 aliphatic rings. The third kappa shape index (κ3) is 6.75. The van der Waals surface area contributed by atoms with Crippen LogP contribution in [-0.2, 0) is 9.53 Å². The van der Waals surface area contributed by atoms with Crippen molar-refractivity contribution < 1.29 is 33.6 Å². The Hall–Kier alpha value is -3.78. The van der Waals surface area contributed by atoms with Crippen molar-refractivity contribution in [2.24, 2.45) is 5.92 Å². The van der Waals surface area contributed by atoms with Crippen LogP contribution in [0.25, 0.3) is 0 Å². The molecule has 0 amide bonds. The summed E-state index contributed by atoms with van der Waals surface area (Å²) in [5.41, 5.74) is 2.46. The molecule has 0 radical (unpaired) electrons. The molecule has 9 heteroatoms. The third-order valence-electron chi connectivity index (χ3n) is 6.03. The molecule has 0 fully saturated rings. The lowest BCUT2D eigenvalue weighted by Crippen LogP contribution is -2.30. The van der Waals surface area contributed by atoms with E-state index in [1.54, 1.807) is 33.1 Å². The number of ketones is 1. The maximum atomic E-state index is 13.0. The van der Waals surface area contributed by atoms with E-state index >= 15 is 0 Å². The number of Topliss-reactive ketones (excluding diaryl/α,β-unsaturated/α-hetero) is 1. The Morgan fingerprint density at radius 1 is 0.947 bits per heavy atom. The summed E-state index contributed by atoms with van der Waals surface area (Å²) in [4.78, 5) is 29.7. The Morgan fingerprint density at radius 2 is 1.61 bits per heavy atom. The van der Waals surface area contributed by atoms with Crippen molar-refractivity contribution in [3.05, 3.63) is 76.1 Å². The van der Waals surface area contributed by atoms with Crippen LogP contribution in [0.3, 0.4) is 0 Å². The maximum Gasteiger partial charge on any atom is 0.309 e. The normalized spacial score (nSPS) is 13.2. The van der Waals surface area contributed by atoms with Crippen LogP contribution in [0, 0.1) is 19.8 Å². The van der Waals surface area contributed by atoms with Crippen LogP contribution in [0.15, 0.2) is 48.7 Å². The van der Waals surface area contributed by atoms with Gasteiger partial charge in [-0.2, -0.15) is 0 Å². The molecule has 38 heavy (non-hydrogen) atoms. The Kier molecular flexibility index (Phi) is 9.58. The van der Waals surface area contributed by atoms with Crippen LogP contribution in [0.1, 0.15) is 53.6 Å². The lowest BCUT2D eigenvalue weighted by Gasteiger charge is -2.28. The Morgan fingerprint density at radius 3 is 2.26 bits per heavy atom. The van der Waals surface area contributed by atoms with Crippen LogP contribution >= 0.6 is 11.6 Å². The molecule has 3 rings (SSSR count). The van der Waals surface area contributed by atoms with Crippen molar-refractivity contribution in [1.82, 2.24) is 4.98 Å². The van der Waals surface area contributed by atoms with Gasteiger partial charge >= 0.3 is 5.97 Å². The van der Waals surface area contributed by atoms with Gasteiger partial charge in [0.25, 0.3) is 0 Å². The van der Waals surface area contributed by atoms with Crippen molar-refractivity contribution in [2.75, 3.05) is 14.2 Å². The first-order chi connectivity index (χ1) is 18.0. The molecular formula is C29H32ClNO7. The van der Waals surface area contributed by atoms with E-state index < -0.39 is 29.9 Å². The molecule has 3 aromatic rings. The highest BCUT2D eigenvalue weighted by molar-refractivity contribution is 6.32. The predicted octanol–water partition coefficient (Wildman–Crippen LogP) is 6.04. The van der Waals surface area contributed by atoms with Crippen molar-refractivity contribution in [2.45, 2.75) is 46.3 Å². The first-order valence-corrected chi connectivity index (χ1v) is 12.5. The first-order valence-electron chi connectivity index (χ1n) is 12.1. The highest BCUT2D eigenvalue weighted by Gasteiger charge is 2.31. The summed E-state index contributed by atoms with van der Waals surface area (Å²) in [6.07, 6.45) is -0.411. The number of aromatic nitrogens is 1. The zero-order valence-electron chi connectivity index (χ0n) is 22.3. The number of rotatable bonds is 11. The number of hydrogen-bond donors (Lipinski definition) is 1. The van der Waals surface area contributed by atoms with Gasteiger partial charge in [0.05, 0.1) is 25.2 Å². The van der Waals surface area contributed by atoms with Crippen LogP contribution in [-0.4, -0.2) is 42.2 Å². The number of ether oxygens (including phenoxy) is 4. The molecule has 0 aliphatic heterocycles. The molecule has 0 bridgehead atoms. The molecule has 0 saturated heterocycles. The quantitative estimate of drug-likeness (QED) is 0.231. The number of carbonyl (C=O) groups is 2. The van der Waals surface area contributed by atoms with Crippen molar-refractivity contribution in [1.29, 1.82) is 0 Å². The van der Waals surface area contributed by atoms with Crippen molar-refractivity contribution in [3.8, 4) is 23.0 Å². The maximum absolute atomic E-state index is 13.0. The monoisotopic (exact) mass is 541 g/mol. The number of methoxy groups -OCH3 is 2. The fourth-order valence-electron chi connectivity index (χ4n) is 3.93. The molecule has 1 aromatic heterocycles. The molecule has 0 saturated carbocycles. The van der Waals surface area contributed by atoms with Gasteiger partial charge in [-0.15, -0.1) is 0 Å². The van der Waals surface area contributed by atoms with E-state index in [1.807, 2.05) is 38.1 Å². The Bertz CT molecular complexity index is 1310. The molecule has 1 N–H and O–H groups in total. The highest BCUT2D eigenvalue weighted by Crippen LogP contribution is 2.37. The lowest BCUT2D eigenvalue weighted by atomic mass is 10.0. The smallest absolute Gasteiger partial charge is 0.309 e. The number of hydrogen-bond acceptors (Lipinski definition) is 8. The number of esters is 1. The Labute approximate surface area is 227 Å². The van der Waals surface area contributed by atoms with Crippen molar-refractivity contribution >= 4 is 23.4 Å². The van der Waals surface area contributed by atoms with E-state index in [1.165, 1.54) is 19.4 Å². The van der Waals surface area contributed by atoms with E-state index in [9.17, 15) is 14.7 Å². The molecule has 0 unspecified atom stereocenters. The van der Waals surface area contributed by atoms with E-state index in [2.05, 4.69) is 4.98 Å². The fourth-order valence-corrected chi connectivity index (χ4v) is 4.21. The number of carbonyl (C=O) groups excluding carboxylic acids is 2. The zero-order valence-corrected chi connectivity index (χ0v) is 23.0. The van der Waals surface area contributed by atoms with Gasteiger partial charge in [-0.1, -0.05) is 36.7 Å². The average Bonchev–Trinajstić information content (AvgIpc) is 2.88. The second-order valence-electron chi connectivity index (χ2n) is 9.10. The SMILES string of the molecule is COc1cc(C)ccc1[C@@H](Oc1ccc(C)cc1Cl)[C@H](C)OC(=O)[C@H](C)CC(=O)c1nccc(OC)c1O. The van der Waals surface area contributed by atoms with Crippen LogP contribution < -0.4 is 14.2 Å². The van der Waals surface area contributed by atoms with E-state index in [0.717, 1.165) is 11.1 Å². The van der Waals surface area contributed by atoms with Gasteiger partial charge in [0, 0.05) is 24.2 Å². The van der Waals surface area contributed by atoms with Crippen LogP contribution in [0.5, 0.6) is 23.0 Å². The van der Waals surface area contributed by atoms with Gasteiger partial charge in [0.1, 0.15) is 17.6 Å². The third-order valence-corrected chi connectivity index (χ3v) is 6.33. The molecule has 202 valence electrons. The fraction of sp³-hybridized carbons (Fsp3) is 0.345. The molecule has 1 heterocycles. The standard InChI is InChI=1S/C29H32ClNO7/c1-16-8-10-23(21(30)13-16)38-28(20-9-7-17(2)14-25(20)36-6)19(4)37-29(34)18(3)15-22(32)26-27(33)24(35-5)11-12-31-26/h7-14,18-19,28,33H,15H2,1-6H3/t18-,19+,28+/m1/s1. The van der Waals surface area contributed by atoms with E-state index in [4.69, 9.17) is 30.5 Å². The van der Waals surface area contributed by atoms with Crippen molar-refractivity contribution in [3.63, 3.8) is 0 Å². The molecule has 8 nitrogen and oxygen atoms in total. The number of nitrogens with zero attached hydrogens (tertiary/aromatic N) is 1. The minimum atomic E-state index is -0.819.